The Balaban J connectivity index is 1.54. The van der Waals surface area contributed by atoms with Gasteiger partial charge in [0, 0.05) is 18.1 Å². The van der Waals surface area contributed by atoms with Gasteiger partial charge in [-0.15, -0.1) is 10.2 Å². The molecule has 0 saturated heterocycles. The molecule has 0 saturated carbocycles. The summed E-state index contributed by atoms with van der Waals surface area (Å²) in [6.45, 7) is 1.97. The minimum atomic E-state index is -0.133. The minimum absolute atomic E-state index is 0.133. The summed E-state index contributed by atoms with van der Waals surface area (Å²) < 4.78 is 5.51. The highest BCUT2D eigenvalue weighted by molar-refractivity contribution is 7.98. The second-order valence-electron chi connectivity index (χ2n) is 7.99. The number of fused-ring (bicyclic) bond motifs is 4. The fourth-order valence-electron chi connectivity index (χ4n) is 4.36. The number of nitrogens with zero attached hydrogens (tertiary/aromatic N) is 6. The molecule has 0 bridgehead atoms. The molecule has 0 aliphatic carbocycles. The van der Waals surface area contributed by atoms with E-state index in [1.807, 2.05) is 94.8 Å². The first kappa shape index (κ1) is 20.3. The molecule has 8 heteroatoms. The van der Waals surface area contributed by atoms with Crippen LogP contribution >= 0.6 is 11.8 Å². The summed E-state index contributed by atoms with van der Waals surface area (Å²) in [4.78, 5) is 13.5. The predicted molar refractivity (Wildman–Crippen MR) is 132 cm³/mol. The van der Waals surface area contributed by atoms with E-state index in [0.717, 1.165) is 27.8 Å². The van der Waals surface area contributed by atoms with E-state index < -0.39 is 0 Å². The lowest BCUT2D eigenvalue weighted by Crippen LogP contribution is -2.22. The fourth-order valence-corrected chi connectivity index (χ4v) is 5.27. The van der Waals surface area contributed by atoms with E-state index in [0.29, 0.717) is 27.6 Å². The van der Waals surface area contributed by atoms with Crippen molar-refractivity contribution in [1.29, 1.82) is 5.26 Å². The van der Waals surface area contributed by atoms with Gasteiger partial charge in [0.15, 0.2) is 5.16 Å². The van der Waals surface area contributed by atoms with Crippen molar-refractivity contribution in [3.8, 4) is 11.8 Å². The average molecular weight is 463 g/mol. The van der Waals surface area contributed by atoms with Crippen LogP contribution in [0.25, 0.3) is 27.9 Å². The van der Waals surface area contributed by atoms with Crippen molar-refractivity contribution in [1.82, 2.24) is 23.6 Å². The normalized spacial score (nSPS) is 11.4. The van der Waals surface area contributed by atoms with E-state index in [1.165, 1.54) is 11.8 Å². The van der Waals surface area contributed by atoms with Crippen LogP contribution in [0.2, 0.25) is 0 Å². The van der Waals surface area contributed by atoms with E-state index in [1.54, 1.807) is 4.57 Å². The van der Waals surface area contributed by atoms with Gasteiger partial charge in [0.25, 0.3) is 5.56 Å². The van der Waals surface area contributed by atoms with Crippen LogP contribution in [0.15, 0.2) is 89.1 Å². The highest BCUT2D eigenvalue weighted by Gasteiger charge is 2.19. The van der Waals surface area contributed by atoms with Crippen LogP contribution in [0.5, 0.6) is 0 Å². The Labute approximate surface area is 198 Å². The summed E-state index contributed by atoms with van der Waals surface area (Å²) >= 11 is 1.49. The smallest absolute Gasteiger partial charge is 0.267 e. The number of aromatic nitrogens is 5. The molecule has 7 nitrogen and oxygen atoms in total. The Morgan fingerprint density at radius 1 is 0.971 bits per heavy atom. The van der Waals surface area contributed by atoms with Crippen LogP contribution in [0, 0.1) is 18.3 Å². The Hall–Kier alpha value is -4.35. The van der Waals surface area contributed by atoms with Crippen LogP contribution < -0.4 is 5.56 Å². The maximum atomic E-state index is 13.5. The van der Waals surface area contributed by atoms with Gasteiger partial charge in [-0.3, -0.25) is 9.20 Å². The van der Waals surface area contributed by atoms with Crippen molar-refractivity contribution in [2.45, 2.75) is 17.8 Å². The Bertz CT molecular complexity index is 1820. The van der Waals surface area contributed by atoms with Crippen molar-refractivity contribution >= 4 is 34.0 Å². The lowest BCUT2D eigenvalue weighted by atomic mass is 10.2. The van der Waals surface area contributed by atoms with Crippen LogP contribution in [0.1, 0.15) is 16.7 Å². The summed E-state index contributed by atoms with van der Waals surface area (Å²) in [7, 11) is 0. The maximum absolute atomic E-state index is 13.5. The molecule has 0 N–H and O–H groups in total. The number of hydrogen-bond acceptors (Lipinski definition) is 5. The molecule has 164 valence electrons. The molecule has 0 radical (unpaired) electrons. The molecule has 34 heavy (non-hydrogen) atoms. The zero-order chi connectivity index (χ0) is 23.2. The number of aryl methyl sites for hydroxylation is 1. The predicted octanol–water partition coefficient (Wildman–Crippen LogP) is 4.76. The van der Waals surface area contributed by atoms with E-state index in [-0.39, 0.29) is 5.56 Å². The largest absolute Gasteiger partial charge is 0.322 e. The van der Waals surface area contributed by atoms with Crippen LogP contribution in [-0.4, -0.2) is 23.6 Å². The Morgan fingerprint density at radius 3 is 2.59 bits per heavy atom. The minimum Gasteiger partial charge on any atom is -0.322 e. The second-order valence-corrected chi connectivity index (χ2v) is 8.93. The molecule has 4 aromatic heterocycles. The molecular weight excluding hydrogens is 444 g/mol. The number of rotatable bonds is 4. The van der Waals surface area contributed by atoms with E-state index in [4.69, 9.17) is 0 Å². The second kappa shape index (κ2) is 7.90. The average Bonchev–Trinajstić information content (AvgIpc) is 3.45. The molecular formula is C26H18N6OS. The number of nitriles is 1. The quantitative estimate of drug-likeness (QED) is 0.353. The van der Waals surface area contributed by atoms with Gasteiger partial charge >= 0.3 is 0 Å². The van der Waals surface area contributed by atoms with E-state index in [2.05, 4.69) is 16.3 Å². The van der Waals surface area contributed by atoms with Crippen LogP contribution in [0.3, 0.4) is 0 Å². The lowest BCUT2D eigenvalue weighted by molar-refractivity contribution is 0.928. The van der Waals surface area contributed by atoms with Crippen molar-refractivity contribution in [3.63, 3.8) is 0 Å². The summed E-state index contributed by atoms with van der Waals surface area (Å²) in [6, 6.07) is 23.4. The number of thioether (sulfide) groups is 1. The molecule has 0 unspecified atom stereocenters. The van der Waals surface area contributed by atoms with Gasteiger partial charge < -0.3 is 4.40 Å². The zero-order valence-electron chi connectivity index (χ0n) is 18.2. The lowest BCUT2D eigenvalue weighted by Gasteiger charge is -2.13. The number of benzene rings is 2. The fraction of sp³-hybridized carbons (Fsp3) is 0.0769. The van der Waals surface area contributed by atoms with Gasteiger partial charge in [0.2, 0.25) is 5.78 Å². The number of pyridine rings is 1. The highest BCUT2D eigenvalue weighted by atomic mass is 32.2. The van der Waals surface area contributed by atoms with Gasteiger partial charge in [-0.2, -0.15) is 5.26 Å². The molecule has 2 aromatic carbocycles. The van der Waals surface area contributed by atoms with Gasteiger partial charge in [-0.1, -0.05) is 48.2 Å². The summed E-state index contributed by atoms with van der Waals surface area (Å²) in [5, 5.41) is 19.9. The number of hydrogen-bond donors (Lipinski definition) is 0. The summed E-state index contributed by atoms with van der Waals surface area (Å²) in [6.07, 6.45) is 3.91. The standard InChI is InChI=1S/C26H18N6OS/c1-17-8-2-4-10-21(17)31-24(33)19-9-3-5-12-23(19)32-25(31)28-29-26(32)34-16-18-15-30-13-7-6-11-22(30)20(18)14-27/h2-13,15H,16H2,1H3. The first-order chi connectivity index (χ1) is 16.7. The molecule has 6 rings (SSSR count). The van der Waals surface area contributed by atoms with Gasteiger partial charge in [-0.05, 0) is 48.4 Å². The molecule has 0 aliphatic rings. The number of para-hydroxylation sites is 2. The van der Waals surface area contributed by atoms with Crippen molar-refractivity contribution in [3.05, 3.63) is 106 Å². The first-order valence-electron chi connectivity index (χ1n) is 10.7. The third-order valence-corrected chi connectivity index (χ3v) is 6.96. The Kier molecular flexibility index (Phi) is 4.71. The first-order valence-corrected chi connectivity index (χ1v) is 11.7. The molecule has 0 atom stereocenters. The van der Waals surface area contributed by atoms with Crippen molar-refractivity contribution in [2.24, 2.45) is 0 Å². The monoisotopic (exact) mass is 462 g/mol. The highest BCUT2D eigenvalue weighted by Crippen LogP contribution is 2.29. The van der Waals surface area contributed by atoms with Gasteiger partial charge in [0.05, 0.1) is 27.7 Å². The molecule has 4 heterocycles. The van der Waals surface area contributed by atoms with Crippen molar-refractivity contribution < 1.29 is 0 Å². The topological polar surface area (TPSA) is 80.4 Å². The van der Waals surface area contributed by atoms with Crippen LogP contribution in [0.4, 0.5) is 0 Å². The van der Waals surface area contributed by atoms with E-state index in [9.17, 15) is 10.1 Å². The Morgan fingerprint density at radius 2 is 1.74 bits per heavy atom. The van der Waals surface area contributed by atoms with Crippen molar-refractivity contribution in [2.75, 3.05) is 0 Å². The SMILES string of the molecule is Cc1ccccc1-n1c(=O)c2ccccc2n2c(SCc3cn4ccccc4c3C#N)nnc12. The molecule has 0 amide bonds. The molecule has 0 aliphatic heterocycles. The van der Waals surface area contributed by atoms with Gasteiger partial charge in [0.1, 0.15) is 6.07 Å². The summed E-state index contributed by atoms with van der Waals surface area (Å²) in [5.74, 6) is 1.01. The summed E-state index contributed by atoms with van der Waals surface area (Å²) in [5.41, 5.74) is 4.83. The molecule has 0 fully saturated rings. The third-order valence-electron chi connectivity index (χ3n) is 5.98. The van der Waals surface area contributed by atoms with Crippen LogP contribution in [-0.2, 0) is 5.75 Å². The van der Waals surface area contributed by atoms with Gasteiger partial charge in [-0.25, -0.2) is 4.57 Å². The molecule has 0 spiro atoms. The molecule has 6 aromatic rings. The van der Waals surface area contributed by atoms with E-state index >= 15 is 0 Å². The maximum Gasteiger partial charge on any atom is 0.267 e. The zero-order valence-corrected chi connectivity index (χ0v) is 19.0. The third kappa shape index (κ3) is 3.02.